The van der Waals surface area contributed by atoms with Gasteiger partial charge in [-0.2, -0.15) is 9.97 Å². The van der Waals surface area contributed by atoms with Crippen molar-refractivity contribution in [1.82, 2.24) is 19.9 Å². The molecule has 1 aromatic carbocycles. The van der Waals surface area contributed by atoms with Gasteiger partial charge < -0.3 is 9.88 Å². The fourth-order valence-corrected chi connectivity index (χ4v) is 2.33. The second kappa shape index (κ2) is 5.09. The summed E-state index contributed by atoms with van der Waals surface area (Å²) in [6.45, 7) is 4.90. The molecule has 0 atom stereocenters. The number of H-pyrrole nitrogens is 1. The fourth-order valence-electron chi connectivity index (χ4n) is 2.17. The summed E-state index contributed by atoms with van der Waals surface area (Å²) >= 11 is 5.99. The highest BCUT2D eigenvalue weighted by atomic mass is 35.5. The van der Waals surface area contributed by atoms with E-state index in [4.69, 9.17) is 11.6 Å². The quantitative estimate of drug-likeness (QED) is 0.749. The molecule has 3 rings (SSSR count). The first-order chi connectivity index (χ1) is 9.69. The molecule has 0 radical (unpaired) electrons. The van der Waals surface area contributed by atoms with Crippen LogP contribution < -0.4 is 4.90 Å². The number of nitrogens with zero attached hydrogens (tertiary/aromatic N) is 4. The Morgan fingerprint density at radius 3 is 2.65 bits per heavy atom. The maximum Gasteiger partial charge on any atom is 0.226 e. The van der Waals surface area contributed by atoms with Gasteiger partial charge >= 0.3 is 0 Å². The minimum atomic E-state index is 0.199. The standard InChI is InChI=1S/C14H14ClN5/c1-3-20(10-6-4-9(2)5-7-10)13-11-12(17-8-16-11)18-14(15)19-13/h4-8H,3H2,1-2H3,(H,16,17,18,19). The molecule has 2 aromatic heterocycles. The topological polar surface area (TPSA) is 57.7 Å². The lowest BCUT2D eigenvalue weighted by atomic mass is 10.2. The number of rotatable bonds is 3. The third-order valence-electron chi connectivity index (χ3n) is 3.16. The highest BCUT2D eigenvalue weighted by Crippen LogP contribution is 2.29. The Balaban J connectivity index is 2.16. The summed E-state index contributed by atoms with van der Waals surface area (Å²) < 4.78 is 0. The van der Waals surface area contributed by atoms with Crippen molar-refractivity contribution in [1.29, 1.82) is 0 Å². The van der Waals surface area contributed by atoms with Gasteiger partial charge in [0.05, 0.1) is 6.33 Å². The third-order valence-corrected chi connectivity index (χ3v) is 3.33. The number of halogens is 1. The van der Waals surface area contributed by atoms with Crippen LogP contribution in [0.25, 0.3) is 11.2 Å². The Morgan fingerprint density at radius 1 is 1.20 bits per heavy atom. The van der Waals surface area contributed by atoms with Gasteiger partial charge in [-0.1, -0.05) is 17.7 Å². The first-order valence-corrected chi connectivity index (χ1v) is 6.77. The molecule has 0 spiro atoms. The number of aromatic nitrogens is 4. The molecule has 6 heteroatoms. The Labute approximate surface area is 121 Å². The van der Waals surface area contributed by atoms with Crippen LogP contribution >= 0.6 is 11.6 Å². The number of imidazole rings is 1. The van der Waals surface area contributed by atoms with Crippen molar-refractivity contribution in [3.8, 4) is 0 Å². The van der Waals surface area contributed by atoms with Crippen LogP contribution in [0.2, 0.25) is 5.28 Å². The molecule has 0 unspecified atom stereocenters. The molecule has 0 bridgehead atoms. The lowest BCUT2D eigenvalue weighted by Gasteiger charge is -2.22. The van der Waals surface area contributed by atoms with Crippen molar-refractivity contribution in [3.05, 3.63) is 41.4 Å². The number of anilines is 2. The van der Waals surface area contributed by atoms with Crippen molar-refractivity contribution >= 4 is 34.3 Å². The van der Waals surface area contributed by atoms with Crippen LogP contribution in [0, 0.1) is 6.92 Å². The van der Waals surface area contributed by atoms with Gasteiger partial charge in [-0.15, -0.1) is 0 Å². The fraction of sp³-hybridized carbons (Fsp3) is 0.214. The molecule has 0 aliphatic rings. The average molecular weight is 288 g/mol. The Hall–Kier alpha value is -2.14. The monoisotopic (exact) mass is 287 g/mol. The number of hydrogen-bond acceptors (Lipinski definition) is 4. The van der Waals surface area contributed by atoms with Crippen molar-refractivity contribution in [3.63, 3.8) is 0 Å². The molecular formula is C14H14ClN5. The van der Waals surface area contributed by atoms with Gasteiger partial charge in [0.25, 0.3) is 0 Å². The zero-order chi connectivity index (χ0) is 14.1. The van der Waals surface area contributed by atoms with Crippen molar-refractivity contribution in [2.75, 3.05) is 11.4 Å². The van der Waals surface area contributed by atoms with Crippen LogP contribution in [-0.4, -0.2) is 26.5 Å². The van der Waals surface area contributed by atoms with Gasteiger partial charge in [-0.25, -0.2) is 4.98 Å². The Bertz CT molecular complexity index is 735. The van der Waals surface area contributed by atoms with E-state index in [2.05, 4.69) is 62.9 Å². The van der Waals surface area contributed by atoms with E-state index >= 15 is 0 Å². The molecule has 2 heterocycles. The van der Waals surface area contributed by atoms with Crippen molar-refractivity contribution in [2.45, 2.75) is 13.8 Å². The molecule has 5 nitrogen and oxygen atoms in total. The highest BCUT2D eigenvalue weighted by molar-refractivity contribution is 6.28. The third kappa shape index (κ3) is 2.20. The van der Waals surface area contributed by atoms with Gasteiger partial charge in [0, 0.05) is 12.2 Å². The number of hydrogen-bond donors (Lipinski definition) is 1. The molecule has 0 aliphatic carbocycles. The second-order valence-corrected chi connectivity index (χ2v) is 4.84. The minimum Gasteiger partial charge on any atom is -0.340 e. The van der Waals surface area contributed by atoms with Gasteiger partial charge in [0.15, 0.2) is 11.5 Å². The van der Waals surface area contributed by atoms with Crippen LogP contribution in [-0.2, 0) is 0 Å². The summed E-state index contributed by atoms with van der Waals surface area (Å²) in [7, 11) is 0. The number of benzene rings is 1. The lowest BCUT2D eigenvalue weighted by molar-refractivity contribution is 0.986. The predicted molar refractivity (Wildman–Crippen MR) is 80.6 cm³/mol. The van der Waals surface area contributed by atoms with Crippen LogP contribution in [0.4, 0.5) is 11.5 Å². The number of fused-ring (bicyclic) bond motifs is 1. The molecule has 0 saturated heterocycles. The average Bonchev–Trinajstić information content (AvgIpc) is 2.89. The summed E-state index contributed by atoms with van der Waals surface area (Å²) in [5.41, 5.74) is 3.64. The smallest absolute Gasteiger partial charge is 0.226 e. The van der Waals surface area contributed by atoms with Crippen LogP contribution in [0.3, 0.4) is 0 Å². The SMILES string of the molecule is CCN(c1ccc(C)cc1)c1nc(Cl)nc2nc[nH]c12. The molecule has 0 aliphatic heterocycles. The Kier molecular flexibility index (Phi) is 3.28. The molecule has 102 valence electrons. The van der Waals surface area contributed by atoms with Crippen LogP contribution in [0.15, 0.2) is 30.6 Å². The molecule has 0 amide bonds. The molecule has 3 aromatic rings. The molecular weight excluding hydrogens is 274 g/mol. The summed E-state index contributed by atoms with van der Waals surface area (Å²) in [4.78, 5) is 17.8. The van der Waals surface area contributed by atoms with Gasteiger partial charge in [0.2, 0.25) is 5.28 Å². The summed E-state index contributed by atoms with van der Waals surface area (Å²) in [6.07, 6.45) is 1.60. The molecule has 0 fully saturated rings. The maximum atomic E-state index is 5.99. The number of aryl methyl sites for hydroxylation is 1. The normalized spacial score (nSPS) is 10.9. The first-order valence-electron chi connectivity index (χ1n) is 6.40. The number of nitrogens with one attached hydrogen (secondary N) is 1. The zero-order valence-corrected chi connectivity index (χ0v) is 12.0. The summed E-state index contributed by atoms with van der Waals surface area (Å²) in [5, 5.41) is 0.199. The zero-order valence-electron chi connectivity index (χ0n) is 11.3. The molecule has 20 heavy (non-hydrogen) atoms. The highest BCUT2D eigenvalue weighted by Gasteiger charge is 2.16. The van der Waals surface area contributed by atoms with Crippen molar-refractivity contribution < 1.29 is 0 Å². The van der Waals surface area contributed by atoms with E-state index in [-0.39, 0.29) is 5.28 Å². The molecule has 1 N–H and O–H groups in total. The minimum absolute atomic E-state index is 0.199. The van der Waals surface area contributed by atoms with Gasteiger partial charge in [-0.3, -0.25) is 0 Å². The lowest BCUT2D eigenvalue weighted by Crippen LogP contribution is -2.18. The van der Waals surface area contributed by atoms with Gasteiger partial charge in [0.1, 0.15) is 5.52 Å². The van der Waals surface area contributed by atoms with Crippen molar-refractivity contribution in [2.24, 2.45) is 0 Å². The van der Waals surface area contributed by atoms with E-state index in [0.29, 0.717) is 5.65 Å². The van der Waals surface area contributed by atoms with Crippen LogP contribution in [0.1, 0.15) is 12.5 Å². The van der Waals surface area contributed by atoms with E-state index < -0.39 is 0 Å². The Morgan fingerprint density at radius 2 is 1.95 bits per heavy atom. The van der Waals surface area contributed by atoms with E-state index in [1.54, 1.807) is 6.33 Å². The first kappa shape index (κ1) is 12.9. The van der Waals surface area contributed by atoms with Crippen LogP contribution in [0.5, 0.6) is 0 Å². The van der Waals surface area contributed by atoms with E-state index in [9.17, 15) is 0 Å². The number of aromatic amines is 1. The molecule has 0 saturated carbocycles. The van der Waals surface area contributed by atoms with E-state index in [0.717, 1.165) is 23.6 Å². The second-order valence-electron chi connectivity index (χ2n) is 4.50. The van der Waals surface area contributed by atoms with E-state index in [1.165, 1.54) is 5.56 Å². The van der Waals surface area contributed by atoms with E-state index in [1.807, 2.05) is 0 Å². The largest absolute Gasteiger partial charge is 0.340 e. The summed E-state index contributed by atoms with van der Waals surface area (Å²) in [5.74, 6) is 0.740. The summed E-state index contributed by atoms with van der Waals surface area (Å²) in [6, 6.07) is 8.28. The predicted octanol–water partition coefficient (Wildman–Crippen LogP) is 3.47. The maximum absolute atomic E-state index is 5.99. The van der Waals surface area contributed by atoms with Gasteiger partial charge in [-0.05, 0) is 37.6 Å².